The highest BCUT2D eigenvalue weighted by molar-refractivity contribution is 6.31. The minimum absolute atomic E-state index is 0.281. The molecule has 0 saturated carbocycles. The molecule has 5 heteroatoms. The second kappa shape index (κ2) is 6.89. The van der Waals surface area contributed by atoms with Gasteiger partial charge in [0.25, 0.3) is 5.91 Å². The summed E-state index contributed by atoms with van der Waals surface area (Å²) in [4.78, 5) is 16.8. The van der Waals surface area contributed by atoms with Crippen LogP contribution >= 0.6 is 11.6 Å². The predicted molar refractivity (Wildman–Crippen MR) is 94.0 cm³/mol. The summed E-state index contributed by atoms with van der Waals surface area (Å²) in [6.07, 6.45) is 0. The largest absolute Gasteiger partial charge is 0.441 e. The Morgan fingerprint density at radius 1 is 1.12 bits per heavy atom. The number of halogens is 1. The molecule has 0 fully saturated rings. The summed E-state index contributed by atoms with van der Waals surface area (Å²) < 4.78 is 5.68. The predicted octanol–water partition coefficient (Wildman–Crippen LogP) is 4.54. The second-order valence-corrected chi connectivity index (χ2v) is 5.92. The van der Waals surface area contributed by atoms with Crippen molar-refractivity contribution < 1.29 is 9.21 Å². The van der Waals surface area contributed by atoms with Crippen molar-refractivity contribution in [1.82, 2.24) is 10.3 Å². The first kappa shape index (κ1) is 16.3. The van der Waals surface area contributed by atoms with Crippen molar-refractivity contribution in [2.24, 2.45) is 0 Å². The molecule has 0 atom stereocenters. The lowest BCUT2D eigenvalue weighted by molar-refractivity contribution is 0.0945. The van der Waals surface area contributed by atoms with Crippen LogP contribution < -0.4 is 5.32 Å². The van der Waals surface area contributed by atoms with Crippen LogP contribution in [0.3, 0.4) is 0 Å². The van der Waals surface area contributed by atoms with Crippen molar-refractivity contribution in [3.8, 4) is 11.5 Å². The Balaban J connectivity index is 1.79. The summed E-state index contributed by atoms with van der Waals surface area (Å²) in [5.74, 6) is 0.661. The molecular formula is C19H17ClN2O2. The number of carbonyl (C=O) groups excluding carboxylic acids is 1. The van der Waals surface area contributed by atoms with E-state index in [0.29, 0.717) is 28.9 Å². The van der Waals surface area contributed by atoms with Crippen molar-refractivity contribution in [3.05, 3.63) is 76.1 Å². The summed E-state index contributed by atoms with van der Waals surface area (Å²) in [6, 6.07) is 15.2. The normalized spacial score (nSPS) is 10.6. The molecular weight excluding hydrogens is 324 g/mol. The molecule has 0 spiro atoms. The number of amides is 1. The van der Waals surface area contributed by atoms with Crippen LogP contribution in [-0.2, 0) is 6.54 Å². The monoisotopic (exact) mass is 340 g/mol. The first-order valence-electron chi connectivity index (χ1n) is 7.61. The third-order valence-electron chi connectivity index (χ3n) is 3.78. The van der Waals surface area contributed by atoms with E-state index in [9.17, 15) is 4.79 Å². The molecule has 0 aliphatic heterocycles. The average molecular weight is 341 g/mol. The number of rotatable bonds is 4. The van der Waals surface area contributed by atoms with E-state index in [2.05, 4.69) is 10.3 Å². The number of aromatic nitrogens is 1. The first-order valence-corrected chi connectivity index (χ1v) is 7.99. The van der Waals surface area contributed by atoms with Crippen LogP contribution in [0.4, 0.5) is 0 Å². The van der Waals surface area contributed by atoms with Crippen LogP contribution in [0.2, 0.25) is 5.02 Å². The smallest absolute Gasteiger partial charge is 0.273 e. The fraction of sp³-hybridized carbons (Fsp3) is 0.158. The minimum Gasteiger partial charge on any atom is -0.441 e. The van der Waals surface area contributed by atoms with Crippen LogP contribution in [0, 0.1) is 13.8 Å². The zero-order chi connectivity index (χ0) is 17.1. The third kappa shape index (κ3) is 3.34. The van der Waals surface area contributed by atoms with E-state index in [1.165, 1.54) is 0 Å². The topological polar surface area (TPSA) is 55.1 Å². The third-order valence-corrected chi connectivity index (χ3v) is 4.15. The number of nitrogens with zero attached hydrogens (tertiary/aromatic N) is 1. The van der Waals surface area contributed by atoms with Crippen molar-refractivity contribution >= 4 is 17.5 Å². The Kier molecular flexibility index (Phi) is 4.67. The Labute approximate surface area is 145 Å². The molecule has 4 nitrogen and oxygen atoms in total. The van der Waals surface area contributed by atoms with Gasteiger partial charge in [-0.25, -0.2) is 4.98 Å². The molecule has 1 aromatic heterocycles. The standard InChI is InChI=1S/C19H17ClN2O2/c1-12-7-3-5-9-15(12)19-22-17(13(2)24-19)18(23)21-11-14-8-4-6-10-16(14)20/h3-10H,11H2,1-2H3,(H,21,23). The van der Waals surface area contributed by atoms with Gasteiger partial charge in [0.2, 0.25) is 5.89 Å². The fourth-order valence-electron chi connectivity index (χ4n) is 2.44. The van der Waals surface area contributed by atoms with E-state index in [1.54, 1.807) is 13.0 Å². The average Bonchev–Trinajstić information content (AvgIpc) is 2.96. The number of hydrogen-bond acceptors (Lipinski definition) is 3. The highest BCUT2D eigenvalue weighted by Gasteiger charge is 2.18. The van der Waals surface area contributed by atoms with Crippen LogP contribution in [0.5, 0.6) is 0 Å². The number of oxazole rings is 1. The number of aryl methyl sites for hydroxylation is 2. The van der Waals surface area contributed by atoms with Crippen molar-refractivity contribution in [1.29, 1.82) is 0 Å². The van der Waals surface area contributed by atoms with E-state index >= 15 is 0 Å². The lowest BCUT2D eigenvalue weighted by Gasteiger charge is -2.05. The number of benzene rings is 2. The fourth-order valence-corrected chi connectivity index (χ4v) is 2.64. The zero-order valence-electron chi connectivity index (χ0n) is 13.5. The molecule has 0 unspecified atom stereocenters. The second-order valence-electron chi connectivity index (χ2n) is 5.51. The van der Waals surface area contributed by atoms with Gasteiger partial charge in [-0.2, -0.15) is 0 Å². The highest BCUT2D eigenvalue weighted by atomic mass is 35.5. The molecule has 0 saturated heterocycles. The summed E-state index contributed by atoms with van der Waals surface area (Å²) in [7, 11) is 0. The minimum atomic E-state index is -0.281. The van der Waals surface area contributed by atoms with Gasteiger partial charge >= 0.3 is 0 Å². The molecule has 0 aliphatic carbocycles. The van der Waals surface area contributed by atoms with Gasteiger partial charge in [-0.05, 0) is 37.1 Å². The molecule has 0 aliphatic rings. The molecule has 2 aromatic carbocycles. The van der Waals surface area contributed by atoms with Gasteiger partial charge in [-0.15, -0.1) is 0 Å². The number of nitrogens with one attached hydrogen (secondary N) is 1. The number of hydrogen-bond donors (Lipinski definition) is 1. The van der Waals surface area contributed by atoms with Gasteiger partial charge in [0.05, 0.1) is 0 Å². The number of carbonyl (C=O) groups is 1. The van der Waals surface area contributed by atoms with Crippen LogP contribution in [0.25, 0.3) is 11.5 Å². The van der Waals surface area contributed by atoms with Crippen molar-refractivity contribution in [2.45, 2.75) is 20.4 Å². The summed E-state index contributed by atoms with van der Waals surface area (Å²) in [6.45, 7) is 4.05. The molecule has 1 amide bonds. The van der Waals surface area contributed by atoms with Gasteiger partial charge in [0.1, 0.15) is 5.76 Å². The molecule has 3 aromatic rings. The van der Waals surface area contributed by atoms with Gasteiger partial charge in [0, 0.05) is 17.1 Å². The Hall–Kier alpha value is -2.59. The Morgan fingerprint density at radius 3 is 2.58 bits per heavy atom. The lowest BCUT2D eigenvalue weighted by Crippen LogP contribution is -2.24. The van der Waals surface area contributed by atoms with Gasteiger partial charge in [0.15, 0.2) is 5.69 Å². The van der Waals surface area contributed by atoms with Crippen molar-refractivity contribution in [3.63, 3.8) is 0 Å². The Bertz CT molecular complexity index is 887. The molecule has 3 rings (SSSR count). The van der Waals surface area contributed by atoms with E-state index in [4.69, 9.17) is 16.0 Å². The lowest BCUT2D eigenvalue weighted by atomic mass is 10.1. The molecule has 24 heavy (non-hydrogen) atoms. The maximum atomic E-state index is 12.4. The molecule has 1 heterocycles. The molecule has 1 N–H and O–H groups in total. The summed E-state index contributed by atoms with van der Waals surface area (Å²) in [5, 5.41) is 3.45. The Morgan fingerprint density at radius 2 is 1.83 bits per heavy atom. The summed E-state index contributed by atoms with van der Waals surface area (Å²) >= 11 is 6.10. The van der Waals surface area contributed by atoms with Crippen LogP contribution in [0.15, 0.2) is 52.9 Å². The van der Waals surface area contributed by atoms with Crippen LogP contribution in [-0.4, -0.2) is 10.9 Å². The van der Waals surface area contributed by atoms with Crippen molar-refractivity contribution in [2.75, 3.05) is 0 Å². The quantitative estimate of drug-likeness (QED) is 0.758. The first-order chi connectivity index (χ1) is 11.6. The van der Waals surface area contributed by atoms with Gasteiger partial charge in [-0.1, -0.05) is 48.0 Å². The maximum absolute atomic E-state index is 12.4. The zero-order valence-corrected chi connectivity index (χ0v) is 14.2. The molecule has 0 bridgehead atoms. The highest BCUT2D eigenvalue weighted by Crippen LogP contribution is 2.24. The molecule has 122 valence electrons. The summed E-state index contributed by atoms with van der Waals surface area (Å²) in [5.41, 5.74) is 3.07. The maximum Gasteiger partial charge on any atom is 0.273 e. The van der Waals surface area contributed by atoms with E-state index in [1.807, 2.05) is 49.4 Å². The van der Waals surface area contributed by atoms with E-state index in [0.717, 1.165) is 16.7 Å². The van der Waals surface area contributed by atoms with Crippen LogP contribution in [0.1, 0.15) is 27.4 Å². The van der Waals surface area contributed by atoms with Gasteiger partial charge in [-0.3, -0.25) is 4.79 Å². The van der Waals surface area contributed by atoms with E-state index < -0.39 is 0 Å². The van der Waals surface area contributed by atoms with E-state index in [-0.39, 0.29) is 5.91 Å². The SMILES string of the molecule is Cc1ccccc1-c1nc(C(=O)NCc2ccccc2Cl)c(C)o1. The van der Waals surface area contributed by atoms with Gasteiger partial charge < -0.3 is 9.73 Å². The molecule has 0 radical (unpaired) electrons.